The molecule has 13 heavy (non-hydrogen) atoms. The molecule has 68 valence electrons. The zero-order valence-electron chi connectivity index (χ0n) is 6.94. The molecule has 0 radical (unpaired) electrons. The molecule has 2 rings (SSSR count). The van der Waals surface area contributed by atoms with E-state index in [1.807, 2.05) is 0 Å². The number of methoxy groups -OCH3 is 1. The van der Waals surface area contributed by atoms with Gasteiger partial charge in [0.15, 0.2) is 16.6 Å². The predicted molar refractivity (Wildman–Crippen MR) is 46.5 cm³/mol. The lowest BCUT2D eigenvalue weighted by Crippen LogP contribution is -1.96. The number of hydrogen-bond donors (Lipinski definition) is 0. The molecule has 2 aromatic rings. The highest BCUT2D eigenvalue weighted by Crippen LogP contribution is 2.12. The minimum absolute atomic E-state index is 0.345. The number of ether oxygens (including phenoxy) is 1. The Hall–Kier alpha value is -1.20. The van der Waals surface area contributed by atoms with E-state index >= 15 is 0 Å². The van der Waals surface area contributed by atoms with Gasteiger partial charge in [-0.2, -0.15) is 0 Å². The van der Waals surface area contributed by atoms with E-state index in [-0.39, 0.29) is 0 Å². The summed E-state index contributed by atoms with van der Waals surface area (Å²) in [6.07, 6.45) is 3.34. The zero-order valence-corrected chi connectivity index (χ0v) is 7.69. The molecule has 0 aromatic carbocycles. The summed E-state index contributed by atoms with van der Waals surface area (Å²) < 4.78 is 6.70. The van der Waals surface area contributed by atoms with Crippen LogP contribution in [0.2, 0.25) is 5.15 Å². The van der Waals surface area contributed by atoms with Gasteiger partial charge in [-0.05, 0) is 0 Å². The van der Waals surface area contributed by atoms with Crippen LogP contribution in [-0.2, 0) is 11.3 Å². The molecule has 0 atom stereocenters. The van der Waals surface area contributed by atoms with Crippen LogP contribution in [0.4, 0.5) is 0 Å². The van der Waals surface area contributed by atoms with Crippen LogP contribution < -0.4 is 0 Å². The van der Waals surface area contributed by atoms with E-state index in [0.29, 0.717) is 23.2 Å². The van der Waals surface area contributed by atoms with Gasteiger partial charge in [-0.25, -0.2) is 4.98 Å². The van der Waals surface area contributed by atoms with Crippen molar-refractivity contribution in [1.82, 2.24) is 19.6 Å². The first-order valence-electron chi connectivity index (χ1n) is 3.66. The maximum atomic E-state index is 5.80. The second-order valence-corrected chi connectivity index (χ2v) is 2.82. The fourth-order valence-corrected chi connectivity index (χ4v) is 1.26. The fraction of sp³-hybridized carbons (Fsp3) is 0.286. The van der Waals surface area contributed by atoms with Crippen molar-refractivity contribution in [1.29, 1.82) is 0 Å². The molecule has 0 spiro atoms. The lowest BCUT2D eigenvalue weighted by molar-refractivity contribution is 0.177. The third kappa shape index (κ3) is 1.36. The zero-order chi connectivity index (χ0) is 9.26. The van der Waals surface area contributed by atoms with Gasteiger partial charge in [0.2, 0.25) is 0 Å². The molecule has 0 unspecified atom stereocenters. The standard InChI is InChI=1S/C7H7ClN4O/c1-13-4-5-10-11-7-6(8)9-2-3-12(5)7/h2-3H,4H2,1H3. The Morgan fingerprint density at radius 3 is 3.15 bits per heavy atom. The summed E-state index contributed by atoms with van der Waals surface area (Å²) in [5.41, 5.74) is 0.552. The smallest absolute Gasteiger partial charge is 0.198 e. The predicted octanol–water partition coefficient (Wildman–Crippen LogP) is 0.924. The quantitative estimate of drug-likeness (QED) is 0.720. The van der Waals surface area contributed by atoms with Gasteiger partial charge in [-0.1, -0.05) is 11.6 Å². The van der Waals surface area contributed by atoms with Gasteiger partial charge < -0.3 is 4.74 Å². The van der Waals surface area contributed by atoms with E-state index in [1.54, 1.807) is 23.9 Å². The van der Waals surface area contributed by atoms with Crippen LogP contribution in [-0.4, -0.2) is 26.7 Å². The summed E-state index contributed by atoms with van der Waals surface area (Å²) in [6.45, 7) is 0.404. The highest BCUT2D eigenvalue weighted by Gasteiger charge is 2.07. The molecule has 2 aromatic heterocycles. The van der Waals surface area contributed by atoms with Crippen molar-refractivity contribution in [3.05, 3.63) is 23.4 Å². The van der Waals surface area contributed by atoms with E-state index < -0.39 is 0 Å². The lowest BCUT2D eigenvalue weighted by Gasteiger charge is -1.97. The summed E-state index contributed by atoms with van der Waals surface area (Å²) in [5, 5.41) is 8.13. The van der Waals surface area contributed by atoms with E-state index in [2.05, 4.69) is 15.2 Å². The third-order valence-electron chi connectivity index (χ3n) is 1.63. The monoisotopic (exact) mass is 198 g/mol. The fourth-order valence-electron chi connectivity index (χ4n) is 1.07. The minimum atomic E-state index is 0.345. The Morgan fingerprint density at radius 2 is 2.38 bits per heavy atom. The van der Waals surface area contributed by atoms with Gasteiger partial charge in [0.25, 0.3) is 0 Å². The number of aromatic nitrogens is 4. The first-order valence-corrected chi connectivity index (χ1v) is 4.04. The topological polar surface area (TPSA) is 52.3 Å². The maximum absolute atomic E-state index is 5.80. The van der Waals surface area contributed by atoms with E-state index in [9.17, 15) is 0 Å². The molecule has 0 saturated carbocycles. The Bertz CT molecular complexity index is 427. The Morgan fingerprint density at radius 1 is 1.54 bits per heavy atom. The first-order chi connectivity index (χ1) is 6.33. The maximum Gasteiger partial charge on any atom is 0.198 e. The Labute approximate surface area is 79.3 Å². The van der Waals surface area contributed by atoms with Crippen LogP contribution in [0.3, 0.4) is 0 Å². The van der Waals surface area contributed by atoms with Crippen LogP contribution in [0.25, 0.3) is 5.65 Å². The summed E-state index contributed by atoms with van der Waals surface area (Å²) >= 11 is 5.80. The lowest BCUT2D eigenvalue weighted by atomic mass is 10.6. The highest BCUT2D eigenvalue weighted by atomic mass is 35.5. The van der Waals surface area contributed by atoms with E-state index in [1.165, 1.54) is 0 Å². The molecule has 0 amide bonds. The van der Waals surface area contributed by atoms with Gasteiger partial charge in [0.1, 0.15) is 6.61 Å². The summed E-state index contributed by atoms with van der Waals surface area (Å²) in [6, 6.07) is 0. The average molecular weight is 199 g/mol. The van der Waals surface area contributed by atoms with Crippen molar-refractivity contribution in [3.8, 4) is 0 Å². The molecule has 2 heterocycles. The summed E-state index contributed by atoms with van der Waals surface area (Å²) in [7, 11) is 1.60. The first kappa shape index (κ1) is 8.40. The Balaban J connectivity index is 2.61. The van der Waals surface area contributed by atoms with Crippen molar-refractivity contribution in [2.45, 2.75) is 6.61 Å². The molecular weight excluding hydrogens is 192 g/mol. The molecule has 0 fully saturated rings. The van der Waals surface area contributed by atoms with E-state index in [0.717, 1.165) is 0 Å². The molecule has 0 N–H and O–H groups in total. The number of rotatable bonds is 2. The van der Waals surface area contributed by atoms with Gasteiger partial charge in [-0.15, -0.1) is 10.2 Å². The van der Waals surface area contributed by atoms with Crippen LogP contribution in [0.5, 0.6) is 0 Å². The SMILES string of the molecule is COCc1nnc2c(Cl)nccn12. The van der Waals surface area contributed by atoms with Crippen molar-refractivity contribution in [2.75, 3.05) is 7.11 Å². The van der Waals surface area contributed by atoms with Crippen molar-refractivity contribution >= 4 is 17.2 Å². The van der Waals surface area contributed by atoms with Crippen LogP contribution in [0.1, 0.15) is 5.82 Å². The molecule has 0 aliphatic carbocycles. The normalized spacial score (nSPS) is 10.9. The molecule has 0 aliphatic rings. The summed E-state index contributed by atoms with van der Waals surface area (Å²) in [5.74, 6) is 0.710. The number of halogens is 1. The average Bonchev–Trinajstić information content (AvgIpc) is 2.51. The molecule has 6 heteroatoms. The van der Waals surface area contributed by atoms with Crippen LogP contribution in [0, 0.1) is 0 Å². The number of fused-ring (bicyclic) bond motifs is 1. The van der Waals surface area contributed by atoms with E-state index in [4.69, 9.17) is 16.3 Å². The molecule has 5 nitrogen and oxygen atoms in total. The second-order valence-electron chi connectivity index (χ2n) is 2.46. The Kier molecular flexibility index (Phi) is 2.12. The molecule has 0 bridgehead atoms. The summed E-state index contributed by atoms with van der Waals surface area (Å²) in [4.78, 5) is 3.88. The molecule has 0 aliphatic heterocycles. The van der Waals surface area contributed by atoms with Crippen LogP contribution >= 0.6 is 11.6 Å². The van der Waals surface area contributed by atoms with Gasteiger partial charge in [-0.3, -0.25) is 4.40 Å². The molecular formula is C7H7ClN4O. The van der Waals surface area contributed by atoms with Gasteiger partial charge >= 0.3 is 0 Å². The van der Waals surface area contributed by atoms with Crippen LogP contribution in [0.15, 0.2) is 12.4 Å². The number of nitrogens with zero attached hydrogens (tertiary/aromatic N) is 4. The highest BCUT2D eigenvalue weighted by molar-refractivity contribution is 6.32. The van der Waals surface area contributed by atoms with Crippen molar-refractivity contribution < 1.29 is 4.74 Å². The number of hydrogen-bond acceptors (Lipinski definition) is 4. The van der Waals surface area contributed by atoms with Crippen molar-refractivity contribution in [3.63, 3.8) is 0 Å². The largest absolute Gasteiger partial charge is 0.377 e. The second kappa shape index (κ2) is 3.27. The van der Waals surface area contributed by atoms with Gasteiger partial charge in [0.05, 0.1) is 0 Å². The van der Waals surface area contributed by atoms with Gasteiger partial charge in [0, 0.05) is 19.5 Å². The molecule has 0 saturated heterocycles. The van der Waals surface area contributed by atoms with Crippen molar-refractivity contribution in [2.24, 2.45) is 0 Å². The minimum Gasteiger partial charge on any atom is -0.377 e. The third-order valence-corrected chi connectivity index (χ3v) is 1.89.